The van der Waals surface area contributed by atoms with Crippen molar-refractivity contribution >= 4 is 47.6 Å². The number of benzene rings is 1. The molecule has 0 bridgehead atoms. The normalized spacial score (nSPS) is 18.1. The molecular weight excluding hydrogens is 491 g/mol. The highest BCUT2D eigenvalue weighted by Crippen LogP contribution is 2.30. The van der Waals surface area contributed by atoms with Crippen molar-refractivity contribution in [1.29, 1.82) is 0 Å². The van der Waals surface area contributed by atoms with Gasteiger partial charge in [0.1, 0.15) is 4.88 Å². The molecule has 188 valence electrons. The predicted octanol–water partition coefficient (Wildman–Crippen LogP) is 2.44. The molecule has 1 aromatic carbocycles. The standard InChI is InChI=1S/C23H30BClN4O5S/c1-13(2)8-19(24(32)33)28-22(31)23(10-16-6-5-7-17(25)9-16)11-18(29-34-23)12-26-21(30)20-14(3)27-15(4)35-20/h5-7,9,13,19,32-33H,8,10-12H2,1-4H3,(H,26,30)(H,28,31)/t19-,23?/m0/s1. The third-order valence-electron chi connectivity index (χ3n) is 5.60. The number of nitrogens with zero attached hydrogens (tertiary/aromatic N) is 2. The first-order chi connectivity index (χ1) is 16.5. The van der Waals surface area contributed by atoms with Crippen LogP contribution in [0, 0.1) is 19.8 Å². The summed E-state index contributed by atoms with van der Waals surface area (Å²) in [5, 5.41) is 30.6. The predicted molar refractivity (Wildman–Crippen MR) is 137 cm³/mol. The number of carbonyl (C=O) groups excluding carboxylic acids is 2. The lowest BCUT2D eigenvalue weighted by atomic mass is 9.74. The first-order valence-corrected chi connectivity index (χ1v) is 12.6. The van der Waals surface area contributed by atoms with E-state index in [4.69, 9.17) is 16.4 Å². The summed E-state index contributed by atoms with van der Waals surface area (Å²) in [5.74, 6) is -1.54. The Morgan fingerprint density at radius 1 is 1.31 bits per heavy atom. The zero-order valence-electron chi connectivity index (χ0n) is 20.2. The fourth-order valence-electron chi connectivity index (χ4n) is 3.98. The number of hydrogen-bond donors (Lipinski definition) is 4. The molecule has 3 rings (SSSR count). The highest BCUT2D eigenvalue weighted by molar-refractivity contribution is 7.13. The van der Waals surface area contributed by atoms with Gasteiger partial charge in [-0.2, -0.15) is 0 Å². The molecule has 9 nitrogen and oxygen atoms in total. The van der Waals surface area contributed by atoms with Crippen LogP contribution in [-0.4, -0.2) is 57.8 Å². The third kappa shape index (κ3) is 7.03. The second-order valence-electron chi connectivity index (χ2n) is 9.18. The van der Waals surface area contributed by atoms with Crippen LogP contribution in [0.15, 0.2) is 29.4 Å². The van der Waals surface area contributed by atoms with Crippen LogP contribution in [0.2, 0.25) is 5.02 Å². The minimum atomic E-state index is -1.73. The van der Waals surface area contributed by atoms with E-state index in [1.54, 1.807) is 25.1 Å². The fraction of sp³-hybridized carbons (Fsp3) is 0.478. The molecular formula is C23H30BClN4O5S. The second kappa shape index (κ2) is 11.5. The van der Waals surface area contributed by atoms with E-state index >= 15 is 0 Å². The molecule has 12 heteroatoms. The van der Waals surface area contributed by atoms with Crippen molar-refractivity contribution in [3.05, 3.63) is 50.4 Å². The summed E-state index contributed by atoms with van der Waals surface area (Å²) in [4.78, 5) is 36.6. The summed E-state index contributed by atoms with van der Waals surface area (Å²) in [6.07, 6.45) is 0.639. The van der Waals surface area contributed by atoms with E-state index in [0.717, 1.165) is 10.6 Å². The van der Waals surface area contributed by atoms with E-state index in [0.29, 0.717) is 27.7 Å². The van der Waals surface area contributed by atoms with Crippen molar-refractivity contribution < 1.29 is 24.5 Å². The Balaban J connectivity index is 1.76. The maximum Gasteiger partial charge on any atom is 0.475 e. The van der Waals surface area contributed by atoms with E-state index in [9.17, 15) is 19.6 Å². The van der Waals surface area contributed by atoms with Gasteiger partial charge in [0.2, 0.25) is 5.60 Å². The van der Waals surface area contributed by atoms with Crippen LogP contribution in [0.25, 0.3) is 0 Å². The van der Waals surface area contributed by atoms with Crippen molar-refractivity contribution in [3.63, 3.8) is 0 Å². The topological polar surface area (TPSA) is 133 Å². The summed E-state index contributed by atoms with van der Waals surface area (Å²) in [6, 6.07) is 7.07. The number of halogens is 1. The number of aromatic nitrogens is 1. The number of oxime groups is 1. The molecule has 1 aliphatic rings. The molecule has 0 radical (unpaired) electrons. The molecule has 0 aliphatic carbocycles. The number of amides is 2. The highest BCUT2D eigenvalue weighted by Gasteiger charge is 2.48. The average molecular weight is 521 g/mol. The van der Waals surface area contributed by atoms with E-state index < -0.39 is 24.6 Å². The molecule has 1 aliphatic heterocycles. The Hall–Kier alpha value is -2.47. The van der Waals surface area contributed by atoms with E-state index in [-0.39, 0.29) is 31.2 Å². The van der Waals surface area contributed by atoms with Gasteiger partial charge in [-0.1, -0.05) is 42.7 Å². The quantitative estimate of drug-likeness (QED) is 0.356. The molecule has 0 saturated carbocycles. The van der Waals surface area contributed by atoms with Gasteiger partial charge in [0.15, 0.2) is 0 Å². The zero-order valence-corrected chi connectivity index (χ0v) is 21.7. The van der Waals surface area contributed by atoms with Crippen LogP contribution in [0.3, 0.4) is 0 Å². The van der Waals surface area contributed by atoms with Crippen molar-refractivity contribution in [2.45, 2.75) is 58.5 Å². The summed E-state index contributed by atoms with van der Waals surface area (Å²) >= 11 is 7.45. The molecule has 0 spiro atoms. The SMILES string of the molecule is Cc1nc(C)c(C(=O)NCC2=NOC(Cc3cccc(Cl)c3)(C(=O)N[C@@H](CC(C)C)B(O)O)C2)s1. The number of aryl methyl sites for hydroxylation is 2. The molecule has 0 fully saturated rings. The van der Waals surface area contributed by atoms with Crippen LogP contribution in [0.1, 0.15) is 52.6 Å². The van der Waals surface area contributed by atoms with Crippen LogP contribution >= 0.6 is 22.9 Å². The highest BCUT2D eigenvalue weighted by atomic mass is 35.5. The van der Waals surface area contributed by atoms with Crippen LogP contribution < -0.4 is 10.6 Å². The third-order valence-corrected chi connectivity index (χ3v) is 6.90. The van der Waals surface area contributed by atoms with Gasteiger partial charge in [-0.25, -0.2) is 4.98 Å². The Kier molecular flexibility index (Phi) is 8.92. The van der Waals surface area contributed by atoms with Crippen LogP contribution in [0.4, 0.5) is 0 Å². The van der Waals surface area contributed by atoms with Crippen molar-refractivity contribution in [3.8, 4) is 0 Å². The number of hydrogen-bond acceptors (Lipinski definition) is 8. The monoisotopic (exact) mass is 520 g/mol. The van der Waals surface area contributed by atoms with Gasteiger partial charge in [-0.3, -0.25) is 9.59 Å². The number of thiazole rings is 1. The Bertz CT molecular complexity index is 1110. The van der Waals surface area contributed by atoms with E-state index in [1.807, 2.05) is 26.8 Å². The Morgan fingerprint density at radius 3 is 2.66 bits per heavy atom. The minimum absolute atomic E-state index is 0.0951. The Morgan fingerprint density at radius 2 is 2.06 bits per heavy atom. The lowest BCUT2D eigenvalue weighted by molar-refractivity contribution is -0.144. The smallest absolute Gasteiger partial charge is 0.426 e. The number of nitrogens with one attached hydrogen (secondary N) is 2. The zero-order chi connectivity index (χ0) is 25.8. The maximum atomic E-state index is 13.4. The van der Waals surface area contributed by atoms with E-state index in [1.165, 1.54) is 11.3 Å². The van der Waals surface area contributed by atoms with Gasteiger partial charge < -0.3 is 25.5 Å². The van der Waals surface area contributed by atoms with Crippen LogP contribution in [-0.2, 0) is 16.1 Å². The van der Waals surface area contributed by atoms with Gasteiger partial charge in [0.25, 0.3) is 11.8 Å². The summed E-state index contributed by atoms with van der Waals surface area (Å²) in [5.41, 5.74) is 0.475. The first kappa shape index (κ1) is 27.1. The van der Waals surface area contributed by atoms with Crippen molar-refractivity contribution in [2.24, 2.45) is 11.1 Å². The lowest BCUT2D eigenvalue weighted by Gasteiger charge is -2.29. The summed E-state index contributed by atoms with van der Waals surface area (Å²) in [7, 11) is -1.73. The molecule has 35 heavy (non-hydrogen) atoms. The molecule has 2 aromatic rings. The Labute approximate surface area is 214 Å². The van der Waals surface area contributed by atoms with Gasteiger partial charge in [-0.05, 0) is 43.9 Å². The molecule has 4 N–H and O–H groups in total. The number of carbonyl (C=O) groups is 2. The number of rotatable bonds is 10. The minimum Gasteiger partial charge on any atom is -0.426 e. The second-order valence-corrected chi connectivity index (χ2v) is 10.8. The van der Waals surface area contributed by atoms with Gasteiger partial charge >= 0.3 is 7.12 Å². The van der Waals surface area contributed by atoms with Gasteiger partial charge in [0.05, 0.1) is 28.9 Å². The fourth-order valence-corrected chi connectivity index (χ4v) is 5.03. The van der Waals surface area contributed by atoms with E-state index in [2.05, 4.69) is 20.8 Å². The summed E-state index contributed by atoms with van der Waals surface area (Å²) in [6.45, 7) is 7.55. The lowest BCUT2D eigenvalue weighted by Crippen LogP contribution is -2.56. The van der Waals surface area contributed by atoms with Crippen molar-refractivity contribution in [2.75, 3.05) is 6.54 Å². The molecule has 2 amide bonds. The molecule has 2 atom stereocenters. The van der Waals surface area contributed by atoms with Crippen molar-refractivity contribution in [1.82, 2.24) is 15.6 Å². The maximum absolute atomic E-state index is 13.4. The molecule has 1 aromatic heterocycles. The largest absolute Gasteiger partial charge is 0.475 e. The summed E-state index contributed by atoms with van der Waals surface area (Å²) < 4.78 is 0. The van der Waals surface area contributed by atoms with Crippen LogP contribution in [0.5, 0.6) is 0 Å². The molecule has 2 heterocycles. The molecule has 0 saturated heterocycles. The van der Waals surface area contributed by atoms with Gasteiger partial charge in [0, 0.05) is 17.9 Å². The average Bonchev–Trinajstić information content (AvgIpc) is 3.34. The molecule has 1 unspecified atom stereocenters. The van der Waals surface area contributed by atoms with Gasteiger partial charge in [-0.15, -0.1) is 11.3 Å². The first-order valence-electron chi connectivity index (χ1n) is 11.4.